The number of hydrogen-bond donors (Lipinski definition) is 3. The zero-order chi connectivity index (χ0) is 18.6. The Hall–Kier alpha value is -2.06. The molecule has 0 aliphatic carbocycles. The molecule has 0 spiro atoms. The van der Waals surface area contributed by atoms with Gasteiger partial charge < -0.3 is 14.9 Å². The van der Waals surface area contributed by atoms with Crippen LogP contribution < -0.4 is 10.2 Å². The number of nitrogens with one attached hydrogen (secondary N) is 1. The fraction of sp³-hybridized carbons (Fsp3) is 0.176. The smallest absolute Gasteiger partial charge is 0.277 e. The van der Waals surface area contributed by atoms with Crippen LogP contribution in [0, 0.1) is 13.8 Å². The summed E-state index contributed by atoms with van der Waals surface area (Å²) < 4.78 is 6.96. The quantitative estimate of drug-likeness (QED) is 0.457. The van der Waals surface area contributed by atoms with Gasteiger partial charge in [0.05, 0.1) is 15.2 Å². The summed E-state index contributed by atoms with van der Waals surface area (Å²) in [6.07, 6.45) is 1.31. The van der Waals surface area contributed by atoms with Crippen molar-refractivity contribution in [1.29, 1.82) is 0 Å². The second kappa shape index (κ2) is 8.35. The first-order valence-electron chi connectivity index (χ1n) is 7.21. The van der Waals surface area contributed by atoms with Crippen molar-refractivity contribution in [2.75, 3.05) is 6.61 Å². The third-order valence-electron chi connectivity index (χ3n) is 3.22. The molecule has 8 heteroatoms. The van der Waals surface area contributed by atoms with E-state index in [-0.39, 0.29) is 18.1 Å². The lowest BCUT2D eigenvalue weighted by molar-refractivity contribution is -0.123. The Kier molecular flexibility index (Phi) is 6.44. The number of phenols is 2. The number of rotatable bonds is 5. The van der Waals surface area contributed by atoms with E-state index in [2.05, 4.69) is 42.4 Å². The minimum absolute atomic E-state index is 0.0427. The number of hydrazone groups is 1. The summed E-state index contributed by atoms with van der Waals surface area (Å²) in [5.41, 5.74) is 4.40. The molecule has 2 rings (SSSR count). The number of benzene rings is 2. The molecule has 0 unspecified atom stereocenters. The van der Waals surface area contributed by atoms with Crippen molar-refractivity contribution >= 4 is 44.0 Å². The lowest BCUT2D eigenvalue weighted by atomic mass is 10.1. The highest BCUT2D eigenvalue weighted by molar-refractivity contribution is 9.11. The van der Waals surface area contributed by atoms with E-state index >= 15 is 0 Å². The maximum Gasteiger partial charge on any atom is 0.277 e. The number of carbonyl (C=O) groups excluding carboxylic acids is 1. The maximum absolute atomic E-state index is 11.8. The van der Waals surface area contributed by atoms with E-state index in [4.69, 9.17) is 4.74 Å². The molecule has 6 nitrogen and oxygen atoms in total. The molecule has 0 aliphatic rings. The van der Waals surface area contributed by atoms with Crippen molar-refractivity contribution in [3.63, 3.8) is 0 Å². The second-order valence-corrected chi connectivity index (χ2v) is 7.04. The molecule has 132 valence electrons. The summed E-state index contributed by atoms with van der Waals surface area (Å²) in [4.78, 5) is 11.8. The highest BCUT2D eigenvalue weighted by atomic mass is 79.9. The maximum atomic E-state index is 11.8. The zero-order valence-corrected chi connectivity index (χ0v) is 16.7. The van der Waals surface area contributed by atoms with Gasteiger partial charge in [0.15, 0.2) is 6.61 Å². The van der Waals surface area contributed by atoms with E-state index in [1.54, 1.807) is 6.92 Å². The molecule has 0 saturated carbocycles. The number of aryl methyl sites for hydroxylation is 2. The number of carbonyl (C=O) groups is 1. The minimum Gasteiger partial charge on any atom is -0.508 e. The summed E-state index contributed by atoms with van der Waals surface area (Å²) in [7, 11) is 0. The van der Waals surface area contributed by atoms with Crippen molar-refractivity contribution in [2.45, 2.75) is 13.8 Å². The molecule has 2 aromatic rings. The summed E-state index contributed by atoms with van der Waals surface area (Å²) in [5.74, 6) is -0.0959. The fourth-order valence-corrected chi connectivity index (χ4v) is 3.74. The van der Waals surface area contributed by atoms with E-state index in [9.17, 15) is 15.0 Å². The van der Waals surface area contributed by atoms with Crippen LogP contribution in [0.15, 0.2) is 38.3 Å². The van der Waals surface area contributed by atoms with Gasteiger partial charge in [-0.2, -0.15) is 5.10 Å². The third-order valence-corrected chi connectivity index (χ3v) is 4.40. The molecular weight excluding hydrogens is 456 g/mol. The fourth-order valence-electron chi connectivity index (χ4n) is 2.09. The van der Waals surface area contributed by atoms with Crippen LogP contribution in [0.5, 0.6) is 17.2 Å². The Balaban J connectivity index is 1.96. The van der Waals surface area contributed by atoms with E-state index in [0.717, 1.165) is 14.5 Å². The number of ether oxygens (including phenoxy) is 1. The van der Waals surface area contributed by atoms with Crippen LogP contribution >= 0.6 is 31.9 Å². The molecule has 0 atom stereocenters. The number of aromatic hydroxyl groups is 2. The first-order valence-corrected chi connectivity index (χ1v) is 8.79. The highest BCUT2D eigenvalue weighted by Gasteiger charge is 2.10. The van der Waals surface area contributed by atoms with Gasteiger partial charge in [-0.3, -0.25) is 4.79 Å². The average Bonchev–Trinajstić information content (AvgIpc) is 2.48. The molecule has 0 aromatic heterocycles. The van der Waals surface area contributed by atoms with E-state index in [1.807, 2.05) is 19.1 Å². The van der Waals surface area contributed by atoms with Gasteiger partial charge in [-0.1, -0.05) is 0 Å². The van der Waals surface area contributed by atoms with E-state index < -0.39 is 5.91 Å². The minimum atomic E-state index is -0.452. The molecule has 1 amide bonds. The van der Waals surface area contributed by atoms with Crippen LogP contribution in [0.1, 0.15) is 16.7 Å². The van der Waals surface area contributed by atoms with Gasteiger partial charge in [0.2, 0.25) is 0 Å². The zero-order valence-electron chi connectivity index (χ0n) is 13.5. The first kappa shape index (κ1) is 19.3. The van der Waals surface area contributed by atoms with E-state index in [1.165, 1.54) is 18.3 Å². The summed E-state index contributed by atoms with van der Waals surface area (Å²) in [6, 6.07) is 6.45. The summed E-state index contributed by atoms with van der Waals surface area (Å²) in [6.45, 7) is 3.43. The van der Waals surface area contributed by atoms with Crippen LogP contribution in [-0.4, -0.2) is 28.9 Å². The Morgan fingerprint density at radius 2 is 1.84 bits per heavy atom. The van der Waals surface area contributed by atoms with Gasteiger partial charge in [0, 0.05) is 11.6 Å². The first-order chi connectivity index (χ1) is 11.8. The van der Waals surface area contributed by atoms with Gasteiger partial charge in [0.25, 0.3) is 5.91 Å². The lowest BCUT2D eigenvalue weighted by Crippen LogP contribution is -2.24. The molecule has 0 fully saturated rings. The standard InChI is InChI=1S/C17H16Br2N2O4/c1-9-3-13(18)17(14(19)4-9)25-8-16(24)21-20-7-12-10(2)5-11(22)6-15(12)23/h3-7,22-23H,8H2,1-2H3,(H,21,24)/b20-7+. The third kappa shape index (κ3) is 5.20. The number of phenolic OH excluding ortho intramolecular Hbond substituents is 2. The number of amides is 1. The lowest BCUT2D eigenvalue weighted by Gasteiger charge is -2.10. The largest absolute Gasteiger partial charge is 0.508 e. The Morgan fingerprint density at radius 1 is 1.20 bits per heavy atom. The molecule has 0 saturated heterocycles. The Bertz CT molecular complexity index is 791. The van der Waals surface area contributed by atoms with Gasteiger partial charge in [-0.25, -0.2) is 5.43 Å². The van der Waals surface area contributed by atoms with Gasteiger partial charge in [-0.15, -0.1) is 0 Å². The average molecular weight is 472 g/mol. The molecule has 0 aliphatic heterocycles. The predicted octanol–water partition coefficient (Wildman–Crippen LogP) is 3.77. The van der Waals surface area contributed by atoms with Gasteiger partial charge in [0.1, 0.15) is 17.2 Å². The van der Waals surface area contributed by atoms with Gasteiger partial charge in [-0.05, 0) is 75.0 Å². The molecule has 2 aromatic carbocycles. The van der Waals surface area contributed by atoms with Gasteiger partial charge >= 0.3 is 0 Å². The Labute approximate surface area is 161 Å². The second-order valence-electron chi connectivity index (χ2n) is 5.34. The normalized spacial score (nSPS) is 10.9. The molecule has 25 heavy (non-hydrogen) atoms. The molecule has 0 radical (unpaired) electrons. The van der Waals surface area contributed by atoms with Crippen LogP contribution in [-0.2, 0) is 4.79 Å². The highest BCUT2D eigenvalue weighted by Crippen LogP contribution is 2.34. The van der Waals surface area contributed by atoms with E-state index in [0.29, 0.717) is 16.9 Å². The predicted molar refractivity (Wildman–Crippen MR) is 102 cm³/mol. The molecule has 3 N–H and O–H groups in total. The van der Waals surface area contributed by atoms with Crippen LogP contribution in [0.2, 0.25) is 0 Å². The number of nitrogens with zero attached hydrogens (tertiary/aromatic N) is 1. The van der Waals surface area contributed by atoms with Crippen LogP contribution in [0.4, 0.5) is 0 Å². The molecular formula is C17H16Br2N2O4. The van der Waals surface area contributed by atoms with Crippen molar-refractivity contribution in [3.05, 3.63) is 49.9 Å². The summed E-state index contributed by atoms with van der Waals surface area (Å²) >= 11 is 6.78. The number of halogens is 2. The Morgan fingerprint density at radius 3 is 2.44 bits per heavy atom. The van der Waals surface area contributed by atoms with Crippen LogP contribution in [0.3, 0.4) is 0 Å². The van der Waals surface area contributed by atoms with Crippen LogP contribution in [0.25, 0.3) is 0 Å². The van der Waals surface area contributed by atoms with Crippen molar-refractivity contribution in [3.8, 4) is 17.2 Å². The van der Waals surface area contributed by atoms with Crippen molar-refractivity contribution in [1.82, 2.24) is 5.43 Å². The monoisotopic (exact) mass is 470 g/mol. The molecule has 0 heterocycles. The summed E-state index contributed by atoms with van der Waals surface area (Å²) in [5, 5.41) is 22.9. The topological polar surface area (TPSA) is 91.2 Å². The van der Waals surface area contributed by atoms with Crippen molar-refractivity contribution < 1.29 is 19.7 Å². The van der Waals surface area contributed by atoms with Crippen molar-refractivity contribution in [2.24, 2.45) is 5.10 Å². The number of hydrogen-bond acceptors (Lipinski definition) is 5. The molecule has 0 bridgehead atoms. The SMILES string of the molecule is Cc1cc(Br)c(OCC(=O)N/N=C/c2c(C)cc(O)cc2O)c(Br)c1.